The second-order valence-electron chi connectivity index (χ2n) is 9.12. The number of carbonyl (C=O) groups is 2. The number of hydrogen-bond acceptors (Lipinski definition) is 5. The highest BCUT2D eigenvalue weighted by Gasteiger charge is 2.25. The summed E-state index contributed by atoms with van der Waals surface area (Å²) in [5.41, 5.74) is 4.41. The number of amides is 2. The van der Waals surface area contributed by atoms with Crippen molar-refractivity contribution in [1.82, 2.24) is 29.4 Å². The van der Waals surface area contributed by atoms with Gasteiger partial charge in [0.2, 0.25) is 0 Å². The summed E-state index contributed by atoms with van der Waals surface area (Å²) in [6, 6.07) is 15.3. The first-order valence-electron chi connectivity index (χ1n) is 12.3. The van der Waals surface area contributed by atoms with Crippen LogP contribution in [0.3, 0.4) is 0 Å². The van der Waals surface area contributed by atoms with E-state index in [0.29, 0.717) is 53.1 Å². The Morgan fingerprint density at radius 3 is 2.51 bits per heavy atom. The van der Waals surface area contributed by atoms with Crippen molar-refractivity contribution in [2.75, 3.05) is 18.4 Å². The van der Waals surface area contributed by atoms with E-state index in [1.807, 2.05) is 60.4 Å². The number of benzene rings is 2. The predicted molar refractivity (Wildman–Crippen MR) is 141 cm³/mol. The van der Waals surface area contributed by atoms with Crippen molar-refractivity contribution in [2.45, 2.75) is 32.1 Å². The monoisotopic (exact) mass is 517 g/mol. The quantitative estimate of drug-likeness (QED) is 0.406. The first-order valence-corrected chi connectivity index (χ1v) is 12.7. The number of likely N-dealkylation sites (tertiary alicyclic amines) is 1. The number of hydrogen-bond donors (Lipinski definition) is 1. The Morgan fingerprint density at radius 2 is 1.86 bits per heavy atom. The van der Waals surface area contributed by atoms with Crippen LogP contribution in [0.15, 0.2) is 61.2 Å². The van der Waals surface area contributed by atoms with E-state index in [1.165, 1.54) is 16.6 Å². The molecule has 4 aromatic rings. The van der Waals surface area contributed by atoms with Gasteiger partial charge in [0, 0.05) is 31.4 Å². The van der Waals surface area contributed by atoms with Crippen molar-refractivity contribution in [3.05, 3.63) is 88.7 Å². The number of nitrogens with zero attached hydrogens (tertiary/aromatic N) is 6. The Balaban J connectivity index is 1.19. The summed E-state index contributed by atoms with van der Waals surface area (Å²) in [4.78, 5) is 31.8. The van der Waals surface area contributed by atoms with Crippen molar-refractivity contribution >= 4 is 29.1 Å². The number of anilines is 1. The topological polar surface area (TPSA) is 97.9 Å². The maximum atomic E-state index is 13.1. The van der Waals surface area contributed by atoms with E-state index in [2.05, 4.69) is 20.5 Å². The van der Waals surface area contributed by atoms with Crippen LogP contribution in [0.4, 0.5) is 5.69 Å². The molecule has 1 aliphatic rings. The second-order valence-corrected chi connectivity index (χ2v) is 9.50. The molecule has 190 valence electrons. The van der Waals surface area contributed by atoms with E-state index in [1.54, 1.807) is 18.1 Å². The van der Waals surface area contributed by atoms with Crippen molar-refractivity contribution < 1.29 is 9.59 Å². The van der Waals surface area contributed by atoms with Gasteiger partial charge in [-0.15, -0.1) is 0 Å². The van der Waals surface area contributed by atoms with E-state index in [0.717, 1.165) is 18.5 Å². The number of halogens is 1. The molecule has 0 atom stereocenters. The van der Waals surface area contributed by atoms with Crippen LogP contribution in [0, 0.1) is 0 Å². The first-order chi connectivity index (χ1) is 17.9. The largest absolute Gasteiger partial charge is 0.339 e. The standard InChI is InChI=1S/C27H28ClN7O2/c1-3-23-24(28)25(33(2)32-23)26(36)31-21-9-7-18(8-10-21)19-11-13-34(14-12-19)27(37)20-5-4-6-22(15-20)35-17-29-16-30-35/h4-10,15-17,19H,3,11-14H2,1-2H3,(H,31,36). The number of piperidine rings is 1. The van der Waals surface area contributed by atoms with Crippen LogP contribution in [0.5, 0.6) is 0 Å². The van der Waals surface area contributed by atoms with E-state index in [-0.39, 0.29) is 11.8 Å². The lowest BCUT2D eigenvalue weighted by molar-refractivity contribution is 0.0713. The van der Waals surface area contributed by atoms with Gasteiger partial charge in [-0.05, 0) is 61.1 Å². The molecule has 10 heteroatoms. The van der Waals surface area contributed by atoms with E-state index >= 15 is 0 Å². The predicted octanol–water partition coefficient (Wildman–Crippen LogP) is 4.49. The third-order valence-corrected chi connectivity index (χ3v) is 7.20. The second kappa shape index (κ2) is 10.6. The zero-order chi connectivity index (χ0) is 25.9. The molecular weight excluding hydrogens is 490 g/mol. The fraction of sp³-hybridized carbons (Fsp3) is 0.296. The zero-order valence-corrected chi connectivity index (χ0v) is 21.5. The van der Waals surface area contributed by atoms with Crippen LogP contribution < -0.4 is 5.32 Å². The molecule has 9 nitrogen and oxygen atoms in total. The summed E-state index contributed by atoms with van der Waals surface area (Å²) in [5, 5.41) is 11.8. The highest BCUT2D eigenvalue weighted by atomic mass is 35.5. The van der Waals surface area contributed by atoms with E-state index < -0.39 is 0 Å². The van der Waals surface area contributed by atoms with Crippen molar-refractivity contribution in [2.24, 2.45) is 7.05 Å². The van der Waals surface area contributed by atoms with Gasteiger partial charge in [0.15, 0.2) is 0 Å². The van der Waals surface area contributed by atoms with Crippen LogP contribution in [0.1, 0.15) is 57.8 Å². The molecule has 3 heterocycles. The van der Waals surface area contributed by atoms with Crippen molar-refractivity contribution in [3.8, 4) is 5.69 Å². The SMILES string of the molecule is CCc1nn(C)c(C(=O)Nc2ccc(C3CCN(C(=O)c4cccc(-n5cncn5)c4)CC3)cc2)c1Cl. The van der Waals surface area contributed by atoms with Crippen LogP contribution >= 0.6 is 11.6 Å². The van der Waals surface area contributed by atoms with Crippen LogP contribution in [0.25, 0.3) is 5.69 Å². The lowest BCUT2D eigenvalue weighted by Gasteiger charge is -2.32. The van der Waals surface area contributed by atoms with Gasteiger partial charge >= 0.3 is 0 Å². The minimum atomic E-state index is -0.285. The number of carbonyl (C=O) groups excluding carboxylic acids is 2. The van der Waals surface area contributed by atoms with Gasteiger partial charge in [-0.1, -0.05) is 36.7 Å². The van der Waals surface area contributed by atoms with Crippen LogP contribution in [-0.4, -0.2) is 54.3 Å². The van der Waals surface area contributed by atoms with Gasteiger partial charge in [0.1, 0.15) is 18.3 Å². The molecule has 0 spiro atoms. The molecule has 0 radical (unpaired) electrons. The average Bonchev–Trinajstić information content (AvgIpc) is 3.56. The van der Waals surface area contributed by atoms with Crippen LogP contribution in [-0.2, 0) is 13.5 Å². The van der Waals surface area contributed by atoms with Gasteiger partial charge in [0.05, 0.1) is 16.4 Å². The molecule has 2 amide bonds. The van der Waals surface area contributed by atoms with Gasteiger partial charge < -0.3 is 10.2 Å². The molecule has 0 aliphatic carbocycles. The Morgan fingerprint density at radius 1 is 1.11 bits per heavy atom. The van der Waals surface area contributed by atoms with Crippen molar-refractivity contribution in [1.29, 1.82) is 0 Å². The van der Waals surface area contributed by atoms with Gasteiger partial charge in [-0.25, -0.2) is 9.67 Å². The Labute approximate surface area is 220 Å². The van der Waals surface area contributed by atoms with Crippen LogP contribution in [0.2, 0.25) is 5.02 Å². The van der Waals surface area contributed by atoms with Gasteiger partial charge in [-0.2, -0.15) is 10.2 Å². The summed E-state index contributed by atoms with van der Waals surface area (Å²) in [5.74, 6) is 0.0969. The normalized spacial score (nSPS) is 14.1. The molecular formula is C27H28ClN7O2. The highest BCUT2D eigenvalue weighted by Crippen LogP contribution is 2.30. The maximum absolute atomic E-state index is 13.1. The number of rotatable bonds is 6. The molecule has 37 heavy (non-hydrogen) atoms. The zero-order valence-electron chi connectivity index (χ0n) is 20.8. The van der Waals surface area contributed by atoms with E-state index in [4.69, 9.17) is 11.6 Å². The molecule has 1 aliphatic heterocycles. The fourth-order valence-electron chi connectivity index (χ4n) is 4.78. The lowest BCUT2D eigenvalue weighted by atomic mass is 9.89. The molecule has 1 N–H and O–H groups in total. The molecule has 0 unspecified atom stereocenters. The summed E-state index contributed by atoms with van der Waals surface area (Å²) in [6.45, 7) is 3.33. The maximum Gasteiger partial charge on any atom is 0.275 e. The molecule has 2 aromatic heterocycles. The molecule has 0 bridgehead atoms. The van der Waals surface area contributed by atoms with Gasteiger partial charge in [0.25, 0.3) is 11.8 Å². The molecule has 1 saturated heterocycles. The average molecular weight is 518 g/mol. The molecule has 5 rings (SSSR count). The smallest absolute Gasteiger partial charge is 0.275 e. The molecule has 2 aromatic carbocycles. The lowest BCUT2D eigenvalue weighted by Crippen LogP contribution is -2.37. The van der Waals surface area contributed by atoms with E-state index in [9.17, 15) is 9.59 Å². The summed E-state index contributed by atoms with van der Waals surface area (Å²) in [7, 11) is 1.72. The van der Waals surface area contributed by atoms with Crippen molar-refractivity contribution in [3.63, 3.8) is 0 Å². The summed E-state index contributed by atoms with van der Waals surface area (Å²) < 4.78 is 3.16. The molecule has 0 saturated carbocycles. The summed E-state index contributed by atoms with van der Waals surface area (Å²) >= 11 is 6.34. The highest BCUT2D eigenvalue weighted by molar-refractivity contribution is 6.34. The molecule has 1 fully saturated rings. The third kappa shape index (κ3) is 5.13. The number of aromatic nitrogens is 5. The fourth-order valence-corrected chi connectivity index (χ4v) is 5.16. The van der Waals surface area contributed by atoms with Gasteiger partial charge in [-0.3, -0.25) is 14.3 Å². The Hall–Kier alpha value is -3.98. The summed E-state index contributed by atoms with van der Waals surface area (Å²) in [6.07, 6.45) is 5.50. The Bertz CT molecular complexity index is 1410. The number of aryl methyl sites for hydroxylation is 2. The third-order valence-electron chi connectivity index (χ3n) is 6.80. The first kappa shape index (κ1) is 24.7. The Kier molecular flexibility index (Phi) is 7.05. The minimum absolute atomic E-state index is 0.0264. The minimum Gasteiger partial charge on any atom is -0.339 e. The number of nitrogens with one attached hydrogen (secondary N) is 1.